The molecule has 0 N–H and O–H groups in total. The standard InChI is InChI=1S/C24H31N3O2/c1-8-13-27(14-9-2)21-12-11-18-15-19(17-25-24(4,5)6)22(16-20(18)21)29-23(28)26(7)10-3/h1-2,15-17,21H,10-14H2,3-7H3/t21-/m1/s1. The first kappa shape index (κ1) is 22.5. The first-order valence-electron chi connectivity index (χ1n) is 9.96. The Hall–Kier alpha value is -2.76. The van der Waals surface area contributed by atoms with Crippen molar-refractivity contribution in [2.24, 2.45) is 4.99 Å². The zero-order chi connectivity index (χ0) is 21.6. The number of carbonyl (C=O) groups excluding carboxylic acids is 1. The molecule has 1 aromatic rings. The van der Waals surface area contributed by atoms with Crippen molar-refractivity contribution in [1.82, 2.24) is 9.80 Å². The van der Waals surface area contributed by atoms with Crippen LogP contribution < -0.4 is 4.74 Å². The Bertz CT molecular complexity index is 837. The molecule has 1 amide bonds. The van der Waals surface area contributed by atoms with Crippen molar-refractivity contribution in [3.8, 4) is 30.4 Å². The van der Waals surface area contributed by atoms with Gasteiger partial charge in [0.15, 0.2) is 0 Å². The van der Waals surface area contributed by atoms with Crippen LogP contribution in [0.25, 0.3) is 0 Å². The molecule has 5 heteroatoms. The zero-order valence-electron chi connectivity index (χ0n) is 18.2. The monoisotopic (exact) mass is 393 g/mol. The number of amides is 1. The minimum absolute atomic E-state index is 0.118. The number of terminal acetylenes is 2. The molecule has 1 aliphatic rings. The van der Waals surface area contributed by atoms with Crippen LogP contribution in [0.3, 0.4) is 0 Å². The molecule has 1 aliphatic carbocycles. The molecule has 0 spiro atoms. The second-order valence-electron chi connectivity index (χ2n) is 8.27. The number of aliphatic imine (C=N–C) groups is 1. The summed E-state index contributed by atoms with van der Waals surface area (Å²) in [6, 6.07) is 4.15. The van der Waals surface area contributed by atoms with Crippen molar-refractivity contribution in [1.29, 1.82) is 0 Å². The summed E-state index contributed by atoms with van der Waals surface area (Å²) in [5.41, 5.74) is 2.91. The van der Waals surface area contributed by atoms with E-state index in [-0.39, 0.29) is 11.6 Å². The Kier molecular flexibility index (Phi) is 7.48. The minimum atomic E-state index is -0.392. The summed E-state index contributed by atoms with van der Waals surface area (Å²) >= 11 is 0. The molecule has 154 valence electrons. The van der Waals surface area contributed by atoms with Crippen LogP contribution in [-0.2, 0) is 6.42 Å². The molecule has 0 fully saturated rings. The molecule has 0 unspecified atom stereocenters. The number of hydrogen-bond donors (Lipinski definition) is 0. The van der Waals surface area contributed by atoms with Gasteiger partial charge in [0, 0.05) is 31.4 Å². The molecule has 0 aliphatic heterocycles. The fourth-order valence-electron chi connectivity index (χ4n) is 3.28. The van der Waals surface area contributed by atoms with Crippen molar-refractivity contribution in [3.05, 3.63) is 28.8 Å². The van der Waals surface area contributed by atoms with E-state index < -0.39 is 6.09 Å². The highest BCUT2D eigenvalue weighted by molar-refractivity contribution is 5.86. The SMILES string of the molecule is C#CCN(CC#C)[C@@H]1CCc2cc(C=NC(C)(C)C)c(OC(=O)N(C)CC)cc21. The quantitative estimate of drug-likeness (QED) is 0.544. The van der Waals surface area contributed by atoms with Crippen LogP contribution >= 0.6 is 0 Å². The van der Waals surface area contributed by atoms with Crippen LogP contribution in [0.2, 0.25) is 0 Å². The molecular formula is C24H31N3O2. The van der Waals surface area contributed by atoms with Gasteiger partial charge in [-0.05, 0) is 63.8 Å². The summed E-state index contributed by atoms with van der Waals surface area (Å²) in [7, 11) is 1.71. The van der Waals surface area contributed by atoms with Crippen LogP contribution in [0.4, 0.5) is 4.79 Å². The van der Waals surface area contributed by atoms with Gasteiger partial charge in [-0.15, -0.1) is 12.8 Å². The van der Waals surface area contributed by atoms with Gasteiger partial charge in [0.2, 0.25) is 0 Å². The smallest absolute Gasteiger partial charge is 0.409 e. The molecule has 0 heterocycles. The lowest BCUT2D eigenvalue weighted by Crippen LogP contribution is -2.30. The van der Waals surface area contributed by atoms with Crippen LogP contribution in [0.15, 0.2) is 17.1 Å². The zero-order valence-corrected chi connectivity index (χ0v) is 18.2. The van der Waals surface area contributed by atoms with Gasteiger partial charge in [-0.2, -0.15) is 0 Å². The van der Waals surface area contributed by atoms with E-state index in [1.807, 2.05) is 33.8 Å². The van der Waals surface area contributed by atoms with Crippen molar-refractivity contribution in [3.63, 3.8) is 0 Å². The summed E-state index contributed by atoms with van der Waals surface area (Å²) in [4.78, 5) is 20.7. The van der Waals surface area contributed by atoms with E-state index in [1.54, 1.807) is 13.3 Å². The summed E-state index contributed by atoms with van der Waals surface area (Å²) < 4.78 is 5.73. The first-order valence-corrected chi connectivity index (χ1v) is 9.96. The van der Waals surface area contributed by atoms with Gasteiger partial charge in [-0.3, -0.25) is 9.89 Å². The normalized spacial score (nSPS) is 15.8. The molecule has 0 saturated carbocycles. The Morgan fingerprint density at radius 3 is 2.52 bits per heavy atom. The van der Waals surface area contributed by atoms with Crippen molar-refractivity contribution >= 4 is 12.3 Å². The number of fused-ring (bicyclic) bond motifs is 1. The summed E-state index contributed by atoms with van der Waals surface area (Å²) in [5.74, 6) is 5.90. The Labute approximate surface area is 175 Å². The second kappa shape index (κ2) is 9.63. The first-order chi connectivity index (χ1) is 13.7. The molecule has 1 aromatic carbocycles. The van der Waals surface area contributed by atoms with Crippen LogP contribution in [0.1, 0.15) is 56.8 Å². The van der Waals surface area contributed by atoms with Gasteiger partial charge < -0.3 is 9.64 Å². The molecule has 5 nitrogen and oxygen atoms in total. The lowest BCUT2D eigenvalue weighted by atomic mass is 10.0. The fraction of sp³-hybridized carbons (Fsp3) is 0.500. The number of carbonyl (C=O) groups is 1. The van der Waals surface area contributed by atoms with E-state index in [4.69, 9.17) is 17.6 Å². The number of nitrogens with zero attached hydrogens (tertiary/aromatic N) is 3. The van der Waals surface area contributed by atoms with E-state index in [0.29, 0.717) is 25.4 Å². The van der Waals surface area contributed by atoms with E-state index in [0.717, 1.165) is 24.0 Å². The number of ether oxygens (including phenoxy) is 1. The number of rotatable bonds is 6. The van der Waals surface area contributed by atoms with Gasteiger partial charge in [0.1, 0.15) is 5.75 Å². The molecule has 0 aromatic heterocycles. The average molecular weight is 394 g/mol. The maximum atomic E-state index is 12.4. The largest absolute Gasteiger partial charge is 0.414 e. The maximum absolute atomic E-state index is 12.4. The minimum Gasteiger partial charge on any atom is -0.409 e. The highest BCUT2D eigenvalue weighted by Gasteiger charge is 2.29. The lowest BCUT2D eigenvalue weighted by molar-refractivity contribution is 0.165. The third-order valence-electron chi connectivity index (χ3n) is 4.92. The fourth-order valence-corrected chi connectivity index (χ4v) is 3.28. The molecule has 1 atom stereocenters. The third-order valence-corrected chi connectivity index (χ3v) is 4.92. The molecule has 0 radical (unpaired) electrons. The third kappa shape index (κ3) is 5.86. The lowest BCUT2D eigenvalue weighted by Gasteiger charge is -2.26. The molecular weight excluding hydrogens is 362 g/mol. The highest BCUT2D eigenvalue weighted by Crippen LogP contribution is 2.39. The summed E-state index contributed by atoms with van der Waals surface area (Å²) in [6.45, 7) is 9.52. The summed E-state index contributed by atoms with van der Waals surface area (Å²) in [6.07, 6.45) is 14.3. The predicted octanol–water partition coefficient (Wildman–Crippen LogP) is 3.91. The summed E-state index contributed by atoms with van der Waals surface area (Å²) in [5, 5.41) is 0. The molecule has 0 saturated heterocycles. The number of hydrogen-bond acceptors (Lipinski definition) is 4. The van der Waals surface area contributed by atoms with E-state index >= 15 is 0 Å². The molecule has 0 bridgehead atoms. The van der Waals surface area contributed by atoms with Crippen molar-refractivity contribution < 1.29 is 9.53 Å². The van der Waals surface area contributed by atoms with Gasteiger partial charge in [0.25, 0.3) is 0 Å². The van der Waals surface area contributed by atoms with Gasteiger partial charge in [-0.25, -0.2) is 4.79 Å². The Morgan fingerprint density at radius 1 is 1.31 bits per heavy atom. The number of aryl methyl sites for hydroxylation is 1. The second-order valence-corrected chi connectivity index (χ2v) is 8.27. The Morgan fingerprint density at radius 2 is 1.97 bits per heavy atom. The van der Waals surface area contributed by atoms with E-state index in [1.165, 1.54) is 10.5 Å². The van der Waals surface area contributed by atoms with E-state index in [9.17, 15) is 4.79 Å². The predicted molar refractivity (Wildman–Crippen MR) is 118 cm³/mol. The Balaban J connectivity index is 2.47. The molecule has 2 rings (SSSR count). The number of benzene rings is 1. The van der Waals surface area contributed by atoms with Crippen LogP contribution in [-0.4, -0.2) is 54.3 Å². The van der Waals surface area contributed by atoms with Crippen LogP contribution in [0, 0.1) is 24.7 Å². The average Bonchev–Trinajstić information content (AvgIpc) is 3.07. The maximum Gasteiger partial charge on any atom is 0.414 e. The topological polar surface area (TPSA) is 45.1 Å². The van der Waals surface area contributed by atoms with Gasteiger partial charge >= 0.3 is 6.09 Å². The highest BCUT2D eigenvalue weighted by atomic mass is 16.6. The molecule has 29 heavy (non-hydrogen) atoms. The van der Waals surface area contributed by atoms with Crippen LogP contribution in [0.5, 0.6) is 5.75 Å². The van der Waals surface area contributed by atoms with Crippen molar-refractivity contribution in [2.75, 3.05) is 26.7 Å². The van der Waals surface area contributed by atoms with Gasteiger partial charge in [-0.1, -0.05) is 11.8 Å². The van der Waals surface area contributed by atoms with Gasteiger partial charge in [0.05, 0.1) is 18.6 Å². The van der Waals surface area contributed by atoms with Crippen molar-refractivity contribution in [2.45, 2.75) is 52.1 Å². The van der Waals surface area contributed by atoms with E-state index in [2.05, 4.69) is 27.8 Å².